The maximum atomic E-state index is 10.5. The zero-order chi connectivity index (χ0) is 12.1. The Balaban J connectivity index is 2.74. The van der Waals surface area contributed by atoms with Gasteiger partial charge in [0.25, 0.3) is 0 Å². The largest absolute Gasteiger partial charge is 0.481 e. The Morgan fingerprint density at radius 1 is 1.44 bits per heavy atom. The fourth-order valence-corrected chi connectivity index (χ4v) is 1.59. The van der Waals surface area contributed by atoms with Crippen LogP contribution in [0.1, 0.15) is 37.4 Å². The first-order valence-electron chi connectivity index (χ1n) is 5.57. The predicted molar refractivity (Wildman–Crippen MR) is 64.2 cm³/mol. The number of benzene rings is 1. The second-order valence-corrected chi connectivity index (χ2v) is 4.41. The van der Waals surface area contributed by atoms with Gasteiger partial charge in [-0.2, -0.15) is 0 Å². The van der Waals surface area contributed by atoms with Crippen LogP contribution in [0.15, 0.2) is 24.3 Å². The van der Waals surface area contributed by atoms with E-state index in [1.807, 2.05) is 24.3 Å². The fourth-order valence-electron chi connectivity index (χ4n) is 1.59. The summed E-state index contributed by atoms with van der Waals surface area (Å²) in [5.74, 6) is -0.381. The van der Waals surface area contributed by atoms with Crippen molar-refractivity contribution in [2.24, 2.45) is 11.7 Å². The molecule has 0 saturated heterocycles. The van der Waals surface area contributed by atoms with Gasteiger partial charge >= 0.3 is 5.97 Å². The minimum atomic E-state index is -0.765. The maximum Gasteiger partial charge on any atom is 0.303 e. The number of hydrogen-bond acceptors (Lipinski definition) is 2. The number of carbonyl (C=O) groups is 1. The lowest BCUT2D eigenvalue weighted by atomic mass is 9.95. The molecule has 16 heavy (non-hydrogen) atoms. The molecule has 0 saturated carbocycles. The van der Waals surface area contributed by atoms with Gasteiger partial charge in [-0.1, -0.05) is 38.1 Å². The minimum absolute atomic E-state index is 0.0183. The zero-order valence-corrected chi connectivity index (χ0v) is 9.81. The number of hydrogen-bond donors (Lipinski definition) is 2. The molecular formula is C13H19NO2. The molecule has 1 atom stereocenters. The second-order valence-electron chi connectivity index (χ2n) is 4.41. The number of rotatable bonds is 5. The molecule has 1 aromatic carbocycles. The van der Waals surface area contributed by atoms with Crippen LogP contribution in [0, 0.1) is 5.92 Å². The van der Waals surface area contributed by atoms with Crippen molar-refractivity contribution >= 4 is 5.97 Å². The Morgan fingerprint density at radius 3 is 2.69 bits per heavy atom. The average molecular weight is 221 g/mol. The summed E-state index contributed by atoms with van der Waals surface area (Å²) in [7, 11) is 0. The van der Waals surface area contributed by atoms with Crippen LogP contribution in [0.4, 0.5) is 0 Å². The van der Waals surface area contributed by atoms with E-state index in [-0.39, 0.29) is 12.5 Å². The average Bonchev–Trinajstić information content (AvgIpc) is 2.25. The van der Waals surface area contributed by atoms with Crippen LogP contribution in [-0.2, 0) is 11.2 Å². The van der Waals surface area contributed by atoms with Crippen molar-refractivity contribution in [3.63, 3.8) is 0 Å². The highest BCUT2D eigenvalue weighted by Gasteiger charge is 2.10. The van der Waals surface area contributed by atoms with Crippen LogP contribution in [0.25, 0.3) is 0 Å². The van der Waals surface area contributed by atoms with Crippen molar-refractivity contribution in [1.82, 2.24) is 0 Å². The van der Waals surface area contributed by atoms with Crippen molar-refractivity contribution in [2.45, 2.75) is 32.7 Å². The third kappa shape index (κ3) is 3.66. The zero-order valence-electron chi connectivity index (χ0n) is 9.81. The van der Waals surface area contributed by atoms with Crippen molar-refractivity contribution in [2.75, 3.05) is 0 Å². The highest BCUT2D eigenvalue weighted by Crippen LogP contribution is 2.20. The second kappa shape index (κ2) is 5.66. The molecule has 3 nitrogen and oxygen atoms in total. The van der Waals surface area contributed by atoms with E-state index in [1.54, 1.807) is 0 Å². The van der Waals surface area contributed by atoms with Gasteiger partial charge in [0, 0.05) is 12.5 Å². The summed E-state index contributed by atoms with van der Waals surface area (Å²) in [4.78, 5) is 10.5. The Hall–Kier alpha value is -1.35. The Morgan fingerprint density at radius 2 is 2.12 bits per heavy atom. The van der Waals surface area contributed by atoms with Gasteiger partial charge in [0.05, 0.1) is 0 Å². The Bertz CT molecular complexity index is 361. The van der Waals surface area contributed by atoms with Crippen LogP contribution >= 0.6 is 0 Å². The molecule has 0 amide bonds. The number of carboxylic acid groups (broad SMARTS) is 1. The molecule has 0 aliphatic rings. The predicted octanol–water partition coefficient (Wildman–Crippen LogP) is 2.36. The molecule has 3 N–H and O–H groups in total. The lowest BCUT2D eigenvalue weighted by Gasteiger charge is -2.16. The summed E-state index contributed by atoms with van der Waals surface area (Å²) in [6, 6.07) is 7.90. The van der Waals surface area contributed by atoms with Gasteiger partial charge in [0.2, 0.25) is 0 Å². The van der Waals surface area contributed by atoms with Crippen LogP contribution in [-0.4, -0.2) is 11.1 Å². The first kappa shape index (κ1) is 12.7. The van der Waals surface area contributed by atoms with Gasteiger partial charge < -0.3 is 10.8 Å². The third-order valence-corrected chi connectivity index (χ3v) is 2.68. The third-order valence-electron chi connectivity index (χ3n) is 2.68. The lowest BCUT2D eigenvalue weighted by molar-refractivity contribution is -0.136. The summed E-state index contributed by atoms with van der Waals surface area (Å²) in [5.41, 5.74) is 8.17. The first-order chi connectivity index (χ1) is 7.50. The van der Waals surface area contributed by atoms with E-state index in [0.717, 1.165) is 11.1 Å². The molecular weight excluding hydrogens is 202 g/mol. The van der Waals surface area contributed by atoms with Crippen LogP contribution in [0.2, 0.25) is 0 Å². The smallest absolute Gasteiger partial charge is 0.303 e. The van der Waals surface area contributed by atoms with E-state index in [2.05, 4.69) is 13.8 Å². The molecule has 0 fully saturated rings. The van der Waals surface area contributed by atoms with E-state index in [0.29, 0.717) is 12.3 Å². The van der Waals surface area contributed by atoms with E-state index in [1.165, 1.54) is 0 Å². The normalized spacial score (nSPS) is 12.8. The summed E-state index contributed by atoms with van der Waals surface area (Å²) < 4.78 is 0. The van der Waals surface area contributed by atoms with Crippen molar-refractivity contribution in [1.29, 1.82) is 0 Å². The van der Waals surface area contributed by atoms with Gasteiger partial charge in [-0.3, -0.25) is 4.79 Å². The molecule has 1 aromatic rings. The topological polar surface area (TPSA) is 63.3 Å². The fraction of sp³-hybridized carbons (Fsp3) is 0.462. The quantitative estimate of drug-likeness (QED) is 0.802. The van der Waals surface area contributed by atoms with Crippen LogP contribution in [0.5, 0.6) is 0 Å². The number of carboxylic acids is 1. The first-order valence-corrected chi connectivity index (χ1v) is 5.57. The van der Waals surface area contributed by atoms with Gasteiger partial charge in [0.15, 0.2) is 0 Å². The summed E-state index contributed by atoms with van der Waals surface area (Å²) >= 11 is 0. The van der Waals surface area contributed by atoms with Gasteiger partial charge in [-0.25, -0.2) is 0 Å². The summed E-state index contributed by atoms with van der Waals surface area (Å²) in [6.07, 6.45) is 0.731. The minimum Gasteiger partial charge on any atom is -0.481 e. The van der Waals surface area contributed by atoms with Crippen LogP contribution in [0.3, 0.4) is 0 Å². The highest BCUT2D eigenvalue weighted by atomic mass is 16.4. The van der Waals surface area contributed by atoms with Gasteiger partial charge in [-0.15, -0.1) is 0 Å². The van der Waals surface area contributed by atoms with E-state index in [4.69, 9.17) is 10.8 Å². The molecule has 0 aliphatic heterocycles. The van der Waals surface area contributed by atoms with Gasteiger partial charge in [0.1, 0.15) is 0 Å². The summed E-state index contributed by atoms with van der Waals surface area (Å²) in [5, 5.41) is 8.62. The van der Waals surface area contributed by atoms with Crippen molar-refractivity contribution < 1.29 is 9.90 Å². The van der Waals surface area contributed by atoms with Crippen molar-refractivity contribution in [3.8, 4) is 0 Å². The monoisotopic (exact) mass is 221 g/mol. The molecule has 0 bridgehead atoms. The molecule has 3 heteroatoms. The SMILES string of the molecule is CC(C)C(N)c1cccc(CCC(=O)O)c1. The van der Waals surface area contributed by atoms with E-state index < -0.39 is 5.97 Å². The number of aryl methyl sites for hydroxylation is 1. The standard InChI is InChI=1S/C13H19NO2/c1-9(2)13(14)11-5-3-4-10(8-11)6-7-12(15)16/h3-5,8-9,13H,6-7,14H2,1-2H3,(H,15,16). The number of nitrogens with two attached hydrogens (primary N) is 1. The lowest BCUT2D eigenvalue weighted by Crippen LogP contribution is -2.16. The Labute approximate surface area is 96.3 Å². The molecule has 1 unspecified atom stereocenters. The molecule has 0 heterocycles. The van der Waals surface area contributed by atoms with Crippen LogP contribution < -0.4 is 5.73 Å². The van der Waals surface area contributed by atoms with Crippen molar-refractivity contribution in [3.05, 3.63) is 35.4 Å². The van der Waals surface area contributed by atoms with E-state index in [9.17, 15) is 4.79 Å². The Kier molecular flexibility index (Phi) is 4.50. The molecule has 88 valence electrons. The molecule has 0 radical (unpaired) electrons. The molecule has 0 aliphatic carbocycles. The van der Waals surface area contributed by atoms with Gasteiger partial charge in [-0.05, 0) is 23.5 Å². The maximum absolute atomic E-state index is 10.5. The van der Waals surface area contributed by atoms with E-state index >= 15 is 0 Å². The number of aliphatic carboxylic acids is 1. The highest BCUT2D eigenvalue weighted by molar-refractivity contribution is 5.67. The summed E-state index contributed by atoms with van der Waals surface area (Å²) in [6.45, 7) is 4.16. The molecule has 0 aromatic heterocycles. The molecule has 1 rings (SSSR count). The molecule has 0 spiro atoms.